The molecule has 0 aliphatic rings. The van der Waals surface area contributed by atoms with Gasteiger partial charge in [0.15, 0.2) is 11.5 Å². The first-order valence-corrected chi connectivity index (χ1v) is 9.13. The molecule has 0 radical (unpaired) electrons. The number of carbonyl (C=O) groups excluding carboxylic acids is 1. The second-order valence-corrected chi connectivity index (χ2v) is 6.66. The van der Waals surface area contributed by atoms with E-state index < -0.39 is 5.91 Å². The molecule has 2 aromatic rings. The molecule has 0 aliphatic heterocycles. The van der Waals surface area contributed by atoms with Crippen molar-refractivity contribution in [1.29, 1.82) is 5.26 Å². The van der Waals surface area contributed by atoms with Crippen LogP contribution in [-0.2, 0) is 11.3 Å². The summed E-state index contributed by atoms with van der Waals surface area (Å²) in [5.41, 5.74) is 1.55. The summed E-state index contributed by atoms with van der Waals surface area (Å²) < 4.78 is 11.1. The molecule has 2 rings (SSSR count). The number of carbonyl (C=O) groups is 1. The second kappa shape index (κ2) is 10.7. The minimum atomic E-state index is -0.442. The van der Waals surface area contributed by atoms with E-state index in [0.29, 0.717) is 36.1 Å². The Hall–Kier alpha value is -3.33. The molecule has 0 aliphatic carbocycles. The predicted octanol–water partition coefficient (Wildman–Crippen LogP) is 3.74. The van der Waals surface area contributed by atoms with Gasteiger partial charge >= 0.3 is 0 Å². The molecule has 0 unspecified atom stereocenters. The molecule has 6 nitrogen and oxygen atoms in total. The summed E-state index contributed by atoms with van der Waals surface area (Å²) in [4.78, 5) is 16.3. The van der Waals surface area contributed by atoms with Gasteiger partial charge < -0.3 is 14.8 Å². The first-order chi connectivity index (χ1) is 13.5. The molecule has 0 saturated carbocycles. The van der Waals surface area contributed by atoms with E-state index in [0.717, 1.165) is 12.0 Å². The molecule has 1 heterocycles. The van der Waals surface area contributed by atoms with E-state index in [2.05, 4.69) is 24.1 Å². The van der Waals surface area contributed by atoms with Crippen molar-refractivity contribution >= 4 is 12.0 Å². The SMILES string of the molecule is COc1cc(C=C(C#N)C(=O)NCc2cccnc2)ccc1OCCC(C)C. The molecule has 6 heteroatoms. The van der Waals surface area contributed by atoms with Crippen LogP contribution in [0.15, 0.2) is 48.3 Å². The third-order valence-electron chi connectivity index (χ3n) is 3.99. The summed E-state index contributed by atoms with van der Waals surface area (Å²) in [6.45, 7) is 5.18. The summed E-state index contributed by atoms with van der Waals surface area (Å²) in [5.74, 6) is 1.31. The van der Waals surface area contributed by atoms with Gasteiger partial charge in [0.2, 0.25) is 0 Å². The van der Waals surface area contributed by atoms with E-state index in [1.165, 1.54) is 6.08 Å². The molecule has 1 aromatic heterocycles. The Kier molecular flexibility index (Phi) is 8.04. The topological polar surface area (TPSA) is 84.2 Å². The Bertz CT molecular complexity index is 855. The summed E-state index contributed by atoms with van der Waals surface area (Å²) in [6.07, 6.45) is 5.80. The summed E-state index contributed by atoms with van der Waals surface area (Å²) in [5, 5.41) is 12.1. The zero-order valence-corrected chi connectivity index (χ0v) is 16.4. The second-order valence-electron chi connectivity index (χ2n) is 6.66. The minimum absolute atomic E-state index is 0.0134. The lowest BCUT2D eigenvalue weighted by Gasteiger charge is -2.12. The van der Waals surface area contributed by atoms with E-state index >= 15 is 0 Å². The van der Waals surface area contributed by atoms with Gasteiger partial charge in [-0.05, 0) is 47.7 Å². The third kappa shape index (κ3) is 6.44. The summed E-state index contributed by atoms with van der Waals surface area (Å²) >= 11 is 0. The van der Waals surface area contributed by atoms with Crippen molar-refractivity contribution < 1.29 is 14.3 Å². The van der Waals surface area contributed by atoms with Crippen LogP contribution in [-0.4, -0.2) is 24.6 Å². The van der Waals surface area contributed by atoms with E-state index in [-0.39, 0.29) is 5.57 Å². The number of nitrogens with one attached hydrogen (secondary N) is 1. The van der Waals surface area contributed by atoms with Gasteiger partial charge in [0.05, 0.1) is 13.7 Å². The molecule has 0 fully saturated rings. The number of benzene rings is 1. The van der Waals surface area contributed by atoms with Gasteiger partial charge in [0.1, 0.15) is 11.6 Å². The number of pyridine rings is 1. The smallest absolute Gasteiger partial charge is 0.262 e. The number of hydrogen-bond donors (Lipinski definition) is 1. The molecule has 1 N–H and O–H groups in total. The molecule has 0 bridgehead atoms. The van der Waals surface area contributed by atoms with Gasteiger partial charge in [-0.15, -0.1) is 0 Å². The maximum Gasteiger partial charge on any atom is 0.262 e. The molecule has 28 heavy (non-hydrogen) atoms. The monoisotopic (exact) mass is 379 g/mol. The Morgan fingerprint density at radius 2 is 2.14 bits per heavy atom. The number of amides is 1. The highest BCUT2D eigenvalue weighted by Gasteiger charge is 2.11. The fraction of sp³-hybridized carbons (Fsp3) is 0.318. The Labute approximate surface area is 165 Å². The van der Waals surface area contributed by atoms with Gasteiger partial charge in [-0.3, -0.25) is 9.78 Å². The number of hydrogen-bond acceptors (Lipinski definition) is 5. The molecule has 0 saturated heterocycles. The molecule has 1 aromatic carbocycles. The van der Waals surface area contributed by atoms with Crippen molar-refractivity contribution in [2.24, 2.45) is 5.92 Å². The number of nitrogens with zero attached hydrogens (tertiary/aromatic N) is 2. The van der Waals surface area contributed by atoms with E-state index in [1.807, 2.05) is 12.1 Å². The van der Waals surface area contributed by atoms with Crippen molar-refractivity contribution in [3.8, 4) is 17.6 Å². The van der Waals surface area contributed by atoms with Gasteiger partial charge in [0.25, 0.3) is 5.91 Å². The Morgan fingerprint density at radius 1 is 1.32 bits per heavy atom. The van der Waals surface area contributed by atoms with Gasteiger partial charge in [-0.2, -0.15) is 5.26 Å². The molecule has 0 atom stereocenters. The number of nitriles is 1. The number of methoxy groups -OCH3 is 1. The van der Waals surface area contributed by atoms with Crippen LogP contribution in [0.5, 0.6) is 11.5 Å². The highest BCUT2D eigenvalue weighted by atomic mass is 16.5. The summed E-state index contributed by atoms with van der Waals surface area (Å²) in [6, 6.07) is 10.9. The van der Waals surface area contributed by atoms with Gasteiger partial charge in [-0.25, -0.2) is 0 Å². The fourth-order valence-electron chi connectivity index (χ4n) is 2.39. The number of aromatic nitrogens is 1. The van der Waals surface area contributed by atoms with Gasteiger partial charge in [0, 0.05) is 18.9 Å². The number of ether oxygens (including phenoxy) is 2. The summed E-state index contributed by atoms with van der Waals surface area (Å²) in [7, 11) is 1.56. The van der Waals surface area contributed by atoms with Crippen molar-refractivity contribution in [1.82, 2.24) is 10.3 Å². The van der Waals surface area contributed by atoms with Crippen molar-refractivity contribution in [3.05, 3.63) is 59.4 Å². The maximum atomic E-state index is 12.3. The van der Waals surface area contributed by atoms with Crippen molar-refractivity contribution in [2.45, 2.75) is 26.8 Å². The first-order valence-electron chi connectivity index (χ1n) is 9.13. The van der Waals surface area contributed by atoms with Crippen molar-refractivity contribution in [2.75, 3.05) is 13.7 Å². The highest BCUT2D eigenvalue weighted by Crippen LogP contribution is 2.29. The molecular formula is C22H25N3O3. The molecular weight excluding hydrogens is 354 g/mol. The van der Waals surface area contributed by atoms with Crippen LogP contribution in [0.3, 0.4) is 0 Å². The quantitative estimate of drug-likeness (QED) is 0.530. The lowest BCUT2D eigenvalue weighted by Crippen LogP contribution is -2.24. The lowest BCUT2D eigenvalue weighted by atomic mass is 10.1. The highest BCUT2D eigenvalue weighted by molar-refractivity contribution is 6.01. The molecule has 1 amide bonds. The Morgan fingerprint density at radius 3 is 2.79 bits per heavy atom. The zero-order chi connectivity index (χ0) is 20.4. The van der Waals surface area contributed by atoms with Crippen LogP contribution in [0.1, 0.15) is 31.4 Å². The number of rotatable bonds is 9. The van der Waals surface area contributed by atoms with E-state index in [9.17, 15) is 10.1 Å². The average Bonchev–Trinajstić information content (AvgIpc) is 2.71. The third-order valence-corrected chi connectivity index (χ3v) is 3.99. The first kappa shape index (κ1) is 21.0. The normalized spacial score (nSPS) is 11.0. The van der Waals surface area contributed by atoms with Crippen LogP contribution in [0.25, 0.3) is 6.08 Å². The molecule has 0 spiro atoms. The average molecular weight is 379 g/mol. The van der Waals surface area contributed by atoms with Crippen LogP contribution in [0.2, 0.25) is 0 Å². The van der Waals surface area contributed by atoms with Crippen molar-refractivity contribution in [3.63, 3.8) is 0 Å². The van der Waals surface area contributed by atoms with Crippen LogP contribution < -0.4 is 14.8 Å². The Balaban J connectivity index is 2.08. The largest absolute Gasteiger partial charge is 0.493 e. The standard InChI is InChI=1S/C22H25N3O3/c1-16(2)8-10-28-20-7-6-17(12-21(20)27-3)11-19(13-23)22(26)25-15-18-5-4-9-24-14-18/h4-7,9,11-12,14,16H,8,10,15H2,1-3H3,(H,25,26). The van der Waals surface area contributed by atoms with Gasteiger partial charge in [-0.1, -0.05) is 26.0 Å². The fourth-order valence-corrected chi connectivity index (χ4v) is 2.39. The van der Waals surface area contributed by atoms with Crippen LogP contribution >= 0.6 is 0 Å². The van der Waals surface area contributed by atoms with E-state index in [1.54, 1.807) is 43.8 Å². The van der Waals surface area contributed by atoms with Crippen LogP contribution in [0, 0.1) is 17.2 Å². The lowest BCUT2D eigenvalue weighted by molar-refractivity contribution is -0.117. The van der Waals surface area contributed by atoms with E-state index in [4.69, 9.17) is 9.47 Å². The minimum Gasteiger partial charge on any atom is -0.493 e. The maximum absolute atomic E-state index is 12.3. The molecule has 146 valence electrons. The zero-order valence-electron chi connectivity index (χ0n) is 16.4. The van der Waals surface area contributed by atoms with Crippen LogP contribution in [0.4, 0.5) is 0 Å². The predicted molar refractivity (Wildman–Crippen MR) is 108 cm³/mol.